The number of carbonyl (C=O) groups excluding carboxylic acids is 1. The van der Waals surface area contributed by atoms with E-state index in [1.54, 1.807) is 11.3 Å². The van der Waals surface area contributed by atoms with Gasteiger partial charge in [0.1, 0.15) is 10.7 Å². The monoisotopic (exact) mass is 408 g/mol. The summed E-state index contributed by atoms with van der Waals surface area (Å²) in [6.07, 6.45) is 0.980. The second-order valence-corrected chi connectivity index (χ2v) is 7.02. The minimum atomic E-state index is -0.0700. The number of nitrogens with one attached hydrogen (secondary N) is 2. The first-order chi connectivity index (χ1) is 10.8. The number of aromatic nitrogens is 1. The van der Waals surface area contributed by atoms with Gasteiger partial charge in [-0.05, 0) is 24.4 Å². The molecule has 134 valence electrons. The molecule has 0 unspecified atom stereocenters. The zero-order chi connectivity index (χ0) is 15.2. The number of hydrogen-bond donors (Lipinski definition) is 2. The fraction of sp³-hybridized carbons (Fsp3) is 0.467. The van der Waals surface area contributed by atoms with Crippen LogP contribution in [0.3, 0.4) is 0 Å². The third kappa shape index (κ3) is 5.98. The first-order valence-corrected chi connectivity index (χ1v) is 9.29. The van der Waals surface area contributed by atoms with Crippen LogP contribution in [0.15, 0.2) is 22.9 Å². The van der Waals surface area contributed by atoms with Gasteiger partial charge in [0, 0.05) is 38.1 Å². The molecule has 1 saturated heterocycles. The fourth-order valence-electron chi connectivity index (χ4n) is 2.42. The number of rotatable bonds is 6. The van der Waals surface area contributed by atoms with Crippen LogP contribution >= 0.6 is 47.5 Å². The predicted molar refractivity (Wildman–Crippen MR) is 106 cm³/mol. The van der Waals surface area contributed by atoms with Crippen molar-refractivity contribution in [1.29, 1.82) is 0 Å². The molecule has 0 aromatic carbocycles. The molecule has 5 nitrogen and oxygen atoms in total. The molecule has 2 N–H and O–H groups in total. The predicted octanol–water partition coefficient (Wildman–Crippen LogP) is 2.74. The van der Waals surface area contributed by atoms with Gasteiger partial charge in [0.15, 0.2) is 0 Å². The number of hydrogen-bond acceptors (Lipinski definition) is 6. The lowest BCUT2D eigenvalue weighted by Crippen LogP contribution is -2.44. The van der Waals surface area contributed by atoms with E-state index in [-0.39, 0.29) is 30.7 Å². The van der Waals surface area contributed by atoms with Gasteiger partial charge in [0.2, 0.25) is 0 Å². The Hall–Kier alpha value is -0.700. The molecule has 0 radical (unpaired) electrons. The quantitative estimate of drug-likeness (QED) is 0.721. The van der Waals surface area contributed by atoms with Crippen molar-refractivity contribution >= 4 is 53.4 Å². The second-order valence-electron chi connectivity index (χ2n) is 5.22. The Balaban J connectivity index is 0.00000144. The van der Waals surface area contributed by atoms with Gasteiger partial charge in [-0.15, -0.1) is 47.5 Å². The van der Waals surface area contributed by atoms with Gasteiger partial charge in [-0.3, -0.25) is 4.79 Å². The van der Waals surface area contributed by atoms with E-state index in [2.05, 4.69) is 20.5 Å². The van der Waals surface area contributed by atoms with Crippen LogP contribution in [0.1, 0.15) is 16.9 Å². The van der Waals surface area contributed by atoms with Gasteiger partial charge in [0.25, 0.3) is 5.91 Å². The topological polar surface area (TPSA) is 57.3 Å². The van der Waals surface area contributed by atoms with E-state index in [1.165, 1.54) is 11.3 Å². The minimum Gasteiger partial charge on any atom is -0.351 e. The van der Waals surface area contributed by atoms with E-state index < -0.39 is 0 Å². The van der Waals surface area contributed by atoms with E-state index in [0.29, 0.717) is 12.2 Å². The summed E-state index contributed by atoms with van der Waals surface area (Å²) >= 11 is 3.16. The van der Waals surface area contributed by atoms with Crippen molar-refractivity contribution in [3.05, 3.63) is 28.6 Å². The lowest BCUT2D eigenvalue weighted by Gasteiger charge is -2.26. The molecule has 3 heterocycles. The van der Waals surface area contributed by atoms with Crippen molar-refractivity contribution in [2.24, 2.45) is 0 Å². The number of piperazine rings is 1. The van der Waals surface area contributed by atoms with Gasteiger partial charge < -0.3 is 15.5 Å². The van der Waals surface area contributed by atoms with Crippen molar-refractivity contribution in [1.82, 2.24) is 20.5 Å². The number of thiophene rings is 1. The third-order valence-corrected chi connectivity index (χ3v) is 5.50. The van der Waals surface area contributed by atoms with E-state index in [4.69, 9.17) is 0 Å². The van der Waals surface area contributed by atoms with E-state index in [1.807, 2.05) is 22.9 Å². The first kappa shape index (κ1) is 21.3. The summed E-state index contributed by atoms with van der Waals surface area (Å²) in [7, 11) is 0. The molecule has 24 heavy (non-hydrogen) atoms. The maximum absolute atomic E-state index is 12.1. The van der Waals surface area contributed by atoms with Gasteiger partial charge >= 0.3 is 0 Å². The summed E-state index contributed by atoms with van der Waals surface area (Å²) in [4.78, 5) is 20.1. The maximum atomic E-state index is 12.1. The molecule has 2 aromatic heterocycles. The fourth-order valence-corrected chi connectivity index (χ4v) is 4.04. The van der Waals surface area contributed by atoms with E-state index >= 15 is 0 Å². The number of nitrogens with zero attached hydrogens (tertiary/aromatic N) is 2. The van der Waals surface area contributed by atoms with Crippen LogP contribution in [-0.2, 0) is 0 Å². The van der Waals surface area contributed by atoms with Crippen LogP contribution in [0, 0.1) is 0 Å². The van der Waals surface area contributed by atoms with Gasteiger partial charge in [-0.1, -0.05) is 6.07 Å². The molecular formula is C15H22Cl2N4OS2. The van der Waals surface area contributed by atoms with Crippen molar-refractivity contribution in [3.63, 3.8) is 0 Å². The maximum Gasteiger partial charge on any atom is 0.270 e. The highest BCUT2D eigenvalue weighted by molar-refractivity contribution is 7.20. The summed E-state index contributed by atoms with van der Waals surface area (Å²) < 4.78 is 0. The Morgan fingerprint density at radius 3 is 2.79 bits per heavy atom. The molecule has 0 bridgehead atoms. The van der Waals surface area contributed by atoms with Crippen molar-refractivity contribution < 1.29 is 4.79 Å². The number of amides is 1. The van der Waals surface area contributed by atoms with Crippen molar-refractivity contribution in [2.75, 3.05) is 39.3 Å². The zero-order valence-electron chi connectivity index (χ0n) is 13.2. The molecule has 9 heteroatoms. The average molecular weight is 409 g/mol. The Morgan fingerprint density at radius 1 is 1.29 bits per heavy atom. The summed E-state index contributed by atoms with van der Waals surface area (Å²) in [6.45, 7) is 6.08. The normalized spacial score (nSPS) is 14.5. The van der Waals surface area contributed by atoms with Gasteiger partial charge in [0.05, 0.1) is 4.88 Å². The van der Waals surface area contributed by atoms with Gasteiger partial charge in [-0.25, -0.2) is 4.98 Å². The van der Waals surface area contributed by atoms with E-state index in [0.717, 1.165) is 49.0 Å². The van der Waals surface area contributed by atoms with Crippen LogP contribution in [0.5, 0.6) is 0 Å². The summed E-state index contributed by atoms with van der Waals surface area (Å²) in [6, 6.07) is 4.02. The molecule has 1 fully saturated rings. The highest BCUT2D eigenvalue weighted by Crippen LogP contribution is 2.27. The molecule has 1 aliphatic rings. The zero-order valence-corrected chi connectivity index (χ0v) is 16.5. The molecular weight excluding hydrogens is 387 g/mol. The highest BCUT2D eigenvalue weighted by Gasteiger charge is 2.12. The Morgan fingerprint density at radius 2 is 2.08 bits per heavy atom. The van der Waals surface area contributed by atoms with Crippen molar-refractivity contribution in [3.8, 4) is 9.88 Å². The molecule has 0 atom stereocenters. The highest BCUT2D eigenvalue weighted by atomic mass is 35.5. The first-order valence-electron chi connectivity index (χ1n) is 7.53. The number of thiazole rings is 1. The largest absolute Gasteiger partial charge is 0.351 e. The van der Waals surface area contributed by atoms with E-state index in [9.17, 15) is 4.79 Å². The molecule has 0 aliphatic carbocycles. The number of halogens is 2. The molecule has 3 rings (SSSR count). The SMILES string of the molecule is Cl.Cl.O=C(NCCCN1CCNCC1)c1csc(-c2cccs2)n1. The molecule has 2 aromatic rings. The Bertz CT molecular complexity index is 600. The Kier molecular flexibility index (Phi) is 9.80. The van der Waals surface area contributed by atoms with Crippen LogP contribution in [0.25, 0.3) is 9.88 Å². The minimum absolute atomic E-state index is 0. The van der Waals surface area contributed by atoms with Crippen LogP contribution < -0.4 is 10.6 Å². The van der Waals surface area contributed by atoms with Gasteiger partial charge in [-0.2, -0.15) is 0 Å². The standard InChI is InChI=1S/C15H20N4OS2.2ClH/c20-14(17-4-2-7-19-8-5-16-6-9-19)12-11-22-15(18-12)13-3-1-10-21-13;;/h1,3,10-11,16H,2,4-9H2,(H,17,20);2*1H. The second kappa shape index (κ2) is 11.0. The molecule has 1 aliphatic heterocycles. The number of carbonyl (C=O) groups is 1. The molecule has 1 amide bonds. The van der Waals surface area contributed by atoms with Crippen LogP contribution in [0.2, 0.25) is 0 Å². The molecule has 0 spiro atoms. The molecule has 0 saturated carbocycles. The smallest absolute Gasteiger partial charge is 0.270 e. The lowest BCUT2D eigenvalue weighted by molar-refractivity contribution is 0.0947. The van der Waals surface area contributed by atoms with Crippen molar-refractivity contribution in [2.45, 2.75) is 6.42 Å². The van der Waals surface area contributed by atoms with Crippen LogP contribution in [-0.4, -0.2) is 55.1 Å². The average Bonchev–Trinajstić information content (AvgIpc) is 3.22. The Labute approximate surface area is 162 Å². The third-order valence-electron chi connectivity index (χ3n) is 3.62. The summed E-state index contributed by atoms with van der Waals surface area (Å²) in [5.41, 5.74) is 0.524. The summed E-state index contributed by atoms with van der Waals surface area (Å²) in [5.74, 6) is -0.0700. The summed E-state index contributed by atoms with van der Waals surface area (Å²) in [5, 5.41) is 11.1. The lowest BCUT2D eigenvalue weighted by atomic mass is 10.3. The van der Waals surface area contributed by atoms with Crippen LogP contribution in [0.4, 0.5) is 0 Å².